The van der Waals surface area contributed by atoms with E-state index in [1.54, 1.807) is 0 Å². The van der Waals surface area contributed by atoms with Crippen molar-refractivity contribution in [3.8, 4) is 0 Å². The molecule has 1 N–H and O–H groups in total. The Morgan fingerprint density at radius 1 is 1.27 bits per heavy atom. The van der Waals surface area contributed by atoms with Crippen LogP contribution in [-0.4, -0.2) is 35.0 Å². The van der Waals surface area contributed by atoms with E-state index in [2.05, 4.69) is 0 Å². The van der Waals surface area contributed by atoms with Crippen LogP contribution in [0.4, 0.5) is 0 Å². The van der Waals surface area contributed by atoms with Gasteiger partial charge >= 0.3 is 5.97 Å². The van der Waals surface area contributed by atoms with Gasteiger partial charge in [-0.25, -0.2) is 0 Å². The van der Waals surface area contributed by atoms with Crippen LogP contribution >= 0.6 is 0 Å². The maximum Gasteiger partial charge on any atom is 0.303 e. The topological polar surface area (TPSA) is 57.6 Å². The molecule has 1 aliphatic carbocycles. The fraction of sp³-hybridized carbons (Fsp3) is 0.818. The average molecular weight is 213 g/mol. The monoisotopic (exact) mass is 213 g/mol. The lowest BCUT2D eigenvalue weighted by molar-refractivity contribution is -0.138. The van der Waals surface area contributed by atoms with Gasteiger partial charge in [0.15, 0.2) is 0 Å². The van der Waals surface area contributed by atoms with Gasteiger partial charge in [0.2, 0.25) is 5.91 Å². The number of aliphatic carboxylic acids is 1. The molecular weight excluding hydrogens is 194 g/mol. The van der Waals surface area contributed by atoms with Gasteiger partial charge in [0, 0.05) is 25.9 Å². The van der Waals surface area contributed by atoms with E-state index in [0.717, 1.165) is 12.8 Å². The average Bonchev–Trinajstić information content (AvgIpc) is 2.08. The van der Waals surface area contributed by atoms with Crippen LogP contribution in [0.3, 0.4) is 0 Å². The van der Waals surface area contributed by atoms with E-state index in [1.165, 1.54) is 6.42 Å². The highest BCUT2D eigenvalue weighted by molar-refractivity contribution is 5.76. The first-order valence-electron chi connectivity index (χ1n) is 5.58. The molecule has 1 rings (SSSR count). The lowest BCUT2D eigenvalue weighted by atomic mass is 9.91. The van der Waals surface area contributed by atoms with E-state index in [-0.39, 0.29) is 12.3 Å². The second kappa shape index (κ2) is 5.73. The highest BCUT2D eigenvalue weighted by Crippen LogP contribution is 2.24. The summed E-state index contributed by atoms with van der Waals surface area (Å²) in [6.07, 6.45) is 5.40. The Morgan fingerprint density at radius 2 is 1.87 bits per heavy atom. The van der Waals surface area contributed by atoms with Gasteiger partial charge in [-0.1, -0.05) is 0 Å². The molecule has 0 radical (unpaired) electrons. The van der Waals surface area contributed by atoms with Crippen molar-refractivity contribution in [3.05, 3.63) is 0 Å². The third kappa shape index (κ3) is 3.90. The highest BCUT2D eigenvalue weighted by atomic mass is 16.4. The smallest absolute Gasteiger partial charge is 0.303 e. The number of unbranched alkanes of at least 4 members (excludes halogenated alkanes) is 1. The second-order valence-corrected chi connectivity index (χ2v) is 4.19. The molecule has 0 bridgehead atoms. The Hall–Kier alpha value is -1.06. The van der Waals surface area contributed by atoms with Crippen LogP contribution in [0.2, 0.25) is 0 Å². The summed E-state index contributed by atoms with van der Waals surface area (Å²) in [6, 6.07) is 0.442. The van der Waals surface area contributed by atoms with Crippen LogP contribution in [0.1, 0.15) is 44.9 Å². The Labute approximate surface area is 90.3 Å². The lowest BCUT2D eigenvalue weighted by Crippen LogP contribution is -2.41. The summed E-state index contributed by atoms with van der Waals surface area (Å²) >= 11 is 0. The second-order valence-electron chi connectivity index (χ2n) is 4.19. The van der Waals surface area contributed by atoms with Gasteiger partial charge in [-0.05, 0) is 32.1 Å². The minimum Gasteiger partial charge on any atom is -0.481 e. The third-order valence-electron chi connectivity index (χ3n) is 3.05. The molecule has 0 aromatic heterocycles. The van der Waals surface area contributed by atoms with Gasteiger partial charge in [0.05, 0.1) is 0 Å². The Kier molecular flexibility index (Phi) is 4.59. The molecule has 15 heavy (non-hydrogen) atoms. The van der Waals surface area contributed by atoms with Gasteiger partial charge in [-0.3, -0.25) is 9.59 Å². The number of hydrogen-bond acceptors (Lipinski definition) is 2. The molecule has 0 saturated heterocycles. The SMILES string of the molecule is CN(C(=O)CCCCC(=O)O)C1CCC1. The van der Waals surface area contributed by atoms with E-state index >= 15 is 0 Å². The Balaban J connectivity index is 2.09. The van der Waals surface area contributed by atoms with Gasteiger partial charge in [-0.2, -0.15) is 0 Å². The highest BCUT2D eigenvalue weighted by Gasteiger charge is 2.24. The van der Waals surface area contributed by atoms with E-state index in [0.29, 0.717) is 25.3 Å². The van der Waals surface area contributed by atoms with Crippen LogP contribution in [0.5, 0.6) is 0 Å². The fourth-order valence-corrected chi connectivity index (χ4v) is 1.71. The zero-order chi connectivity index (χ0) is 11.3. The Bertz CT molecular complexity index is 236. The summed E-state index contributed by atoms with van der Waals surface area (Å²) in [5, 5.41) is 8.43. The number of carbonyl (C=O) groups is 2. The van der Waals surface area contributed by atoms with E-state index in [4.69, 9.17) is 5.11 Å². The van der Waals surface area contributed by atoms with Crippen molar-refractivity contribution in [2.75, 3.05) is 7.05 Å². The molecule has 86 valence electrons. The molecule has 0 atom stereocenters. The van der Waals surface area contributed by atoms with Crippen LogP contribution in [0.25, 0.3) is 0 Å². The summed E-state index contributed by atoms with van der Waals surface area (Å²) in [5.41, 5.74) is 0. The van der Waals surface area contributed by atoms with Gasteiger partial charge in [0.25, 0.3) is 0 Å². The van der Waals surface area contributed by atoms with E-state index in [1.807, 2.05) is 11.9 Å². The molecule has 0 unspecified atom stereocenters. The predicted molar refractivity (Wildman–Crippen MR) is 56.5 cm³/mol. The quantitative estimate of drug-likeness (QED) is 0.682. The number of hydrogen-bond donors (Lipinski definition) is 1. The summed E-state index contributed by atoms with van der Waals surface area (Å²) in [4.78, 5) is 23.7. The van der Waals surface area contributed by atoms with Gasteiger partial charge in [0.1, 0.15) is 0 Å². The maximum absolute atomic E-state index is 11.6. The molecular formula is C11H19NO3. The van der Waals surface area contributed by atoms with Crippen LogP contribution in [0.15, 0.2) is 0 Å². The van der Waals surface area contributed by atoms with Crippen molar-refractivity contribution in [2.45, 2.75) is 51.0 Å². The molecule has 4 heteroatoms. The number of carboxylic acids is 1. The molecule has 0 aromatic carbocycles. The predicted octanol–water partition coefficient (Wildman–Crippen LogP) is 1.64. The first-order valence-corrected chi connectivity index (χ1v) is 5.58. The molecule has 1 saturated carbocycles. The first kappa shape index (κ1) is 12.0. The zero-order valence-corrected chi connectivity index (χ0v) is 9.24. The molecule has 0 aliphatic heterocycles. The summed E-state index contributed by atoms with van der Waals surface area (Å²) in [5.74, 6) is -0.625. The number of carbonyl (C=O) groups excluding carboxylic acids is 1. The standard InChI is InChI=1S/C11H19NO3/c1-12(9-5-4-6-9)10(13)7-2-3-8-11(14)15/h9H,2-8H2,1H3,(H,14,15). The zero-order valence-electron chi connectivity index (χ0n) is 9.24. The molecule has 0 aromatic rings. The summed E-state index contributed by atoms with van der Waals surface area (Å²) in [6.45, 7) is 0. The minimum absolute atomic E-state index is 0.157. The lowest BCUT2D eigenvalue weighted by Gasteiger charge is -2.34. The van der Waals surface area contributed by atoms with Crippen molar-refractivity contribution in [1.82, 2.24) is 4.90 Å². The largest absolute Gasteiger partial charge is 0.481 e. The number of nitrogens with zero attached hydrogens (tertiary/aromatic N) is 1. The number of amides is 1. The van der Waals surface area contributed by atoms with Crippen molar-refractivity contribution < 1.29 is 14.7 Å². The van der Waals surface area contributed by atoms with Crippen LogP contribution in [0, 0.1) is 0 Å². The van der Waals surface area contributed by atoms with Crippen LogP contribution < -0.4 is 0 Å². The van der Waals surface area contributed by atoms with E-state index in [9.17, 15) is 9.59 Å². The molecule has 1 amide bonds. The number of carboxylic acid groups (broad SMARTS) is 1. The molecule has 1 aliphatic rings. The molecule has 0 spiro atoms. The fourth-order valence-electron chi connectivity index (χ4n) is 1.71. The molecule has 4 nitrogen and oxygen atoms in total. The maximum atomic E-state index is 11.6. The van der Waals surface area contributed by atoms with Gasteiger partial charge < -0.3 is 10.0 Å². The first-order chi connectivity index (χ1) is 7.11. The van der Waals surface area contributed by atoms with Crippen molar-refractivity contribution in [2.24, 2.45) is 0 Å². The third-order valence-corrected chi connectivity index (χ3v) is 3.05. The van der Waals surface area contributed by atoms with Crippen molar-refractivity contribution in [3.63, 3.8) is 0 Å². The minimum atomic E-state index is -0.783. The van der Waals surface area contributed by atoms with E-state index < -0.39 is 5.97 Å². The summed E-state index contributed by atoms with van der Waals surface area (Å²) < 4.78 is 0. The number of rotatable bonds is 6. The molecule has 1 fully saturated rings. The Morgan fingerprint density at radius 3 is 2.33 bits per heavy atom. The van der Waals surface area contributed by atoms with Crippen molar-refractivity contribution >= 4 is 11.9 Å². The van der Waals surface area contributed by atoms with Crippen LogP contribution in [-0.2, 0) is 9.59 Å². The van der Waals surface area contributed by atoms with Gasteiger partial charge in [-0.15, -0.1) is 0 Å². The molecule has 0 heterocycles. The normalized spacial score (nSPS) is 15.8. The summed E-state index contributed by atoms with van der Waals surface area (Å²) in [7, 11) is 1.85. The van der Waals surface area contributed by atoms with Crippen molar-refractivity contribution in [1.29, 1.82) is 0 Å².